The molecule has 1 aliphatic heterocycles. The van der Waals surface area contributed by atoms with Gasteiger partial charge in [-0.25, -0.2) is 13.4 Å². The number of rotatable bonds is 7. The van der Waals surface area contributed by atoms with Gasteiger partial charge >= 0.3 is 0 Å². The Hall–Kier alpha value is -2.84. The molecule has 7 nitrogen and oxygen atoms in total. The second kappa shape index (κ2) is 8.72. The quantitative estimate of drug-likeness (QED) is 0.557. The first kappa shape index (κ1) is 21.4. The number of fused-ring (bicyclic) bond motifs is 1. The number of aromatic nitrogens is 2. The van der Waals surface area contributed by atoms with Gasteiger partial charge in [0.1, 0.15) is 5.65 Å². The smallest absolute Gasteiger partial charge is 0.214 e. The molecule has 0 saturated carbocycles. The molecule has 0 bridgehead atoms. The molecule has 0 spiro atoms. The molecule has 0 radical (unpaired) electrons. The predicted molar refractivity (Wildman–Crippen MR) is 122 cm³/mol. The number of benzene rings is 1. The van der Waals surface area contributed by atoms with Gasteiger partial charge in [-0.2, -0.15) is 4.31 Å². The van der Waals surface area contributed by atoms with Crippen LogP contribution in [0, 0.1) is 0 Å². The molecule has 1 aliphatic rings. The Balaban J connectivity index is 1.60. The van der Waals surface area contributed by atoms with Crippen LogP contribution in [0.2, 0.25) is 0 Å². The highest BCUT2D eigenvalue weighted by Crippen LogP contribution is 2.32. The minimum absolute atomic E-state index is 0.204. The molecule has 4 rings (SSSR count). The number of methoxy groups -OCH3 is 2. The van der Waals surface area contributed by atoms with Crippen molar-refractivity contribution in [3.8, 4) is 22.8 Å². The van der Waals surface area contributed by atoms with Crippen molar-refractivity contribution < 1.29 is 17.9 Å². The van der Waals surface area contributed by atoms with Gasteiger partial charge in [0, 0.05) is 31.0 Å². The van der Waals surface area contributed by atoms with Crippen LogP contribution < -0.4 is 9.47 Å². The minimum Gasteiger partial charge on any atom is -0.493 e. The maximum Gasteiger partial charge on any atom is 0.214 e. The van der Waals surface area contributed by atoms with Crippen molar-refractivity contribution in [2.24, 2.45) is 0 Å². The number of ether oxygens (including phenoxy) is 2. The van der Waals surface area contributed by atoms with Crippen LogP contribution in [0.5, 0.6) is 11.5 Å². The van der Waals surface area contributed by atoms with Gasteiger partial charge in [0.2, 0.25) is 10.0 Å². The summed E-state index contributed by atoms with van der Waals surface area (Å²) >= 11 is 0. The predicted octanol–water partition coefficient (Wildman–Crippen LogP) is 3.85. The van der Waals surface area contributed by atoms with Gasteiger partial charge in [0.25, 0.3) is 0 Å². The molecule has 31 heavy (non-hydrogen) atoms. The fourth-order valence-corrected chi connectivity index (χ4v) is 5.31. The number of sulfonamides is 1. The van der Waals surface area contributed by atoms with Gasteiger partial charge in [-0.15, -0.1) is 0 Å². The number of nitrogens with zero attached hydrogens (tertiary/aromatic N) is 3. The van der Waals surface area contributed by atoms with Gasteiger partial charge in [-0.1, -0.05) is 13.0 Å². The van der Waals surface area contributed by atoms with Crippen LogP contribution in [-0.4, -0.2) is 55.2 Å². The second-order valence-electron chi connectivity index (χ2n) is 7.53. The maximum absolute atomic E-state index is 12.3. The summed E-state index contributed by atoms with van der Waals surface area (Å²) in [6, 6.07) is 9.77. The Morgan fingerprint density at radius 3 is 2.48 bits per heavy atom. The Morgan fingerprint density at radius 2 is 1.81 bits per heavy atom. The summed E-state index contributed by atoms with van der Waals surface area (Å²) in [4.78, 5) is 4.72. The zero-order valence-corrected chi connectivity index (χ0v) is 18.9. The average Bonchev–Trinajstić information content (AvgIpc) is 3.22. The summed E-state index contributed by atoms with van der Waals surface area (Å²) in [6.07, 6.45) is 7.39. The first-order chi connectivity index (χ1) is 14.9. The molecule has 0 atom stereocenters. The highest BCUT2D eigenvalue weighted by molar-refractivity contribution is 7.89. The monoisotopic (exact) mass is 441 g/mol. The molecule has 3 aromatic rings. The standard InChI is InChI=1S/C23H27N3O4S/c1-4-13-31(27,28)26-11-9-17(10-12-26)19-6-8-23-24-20(16-25(23)15-19)18-5-7-21(29-2)22(14-18)30-3/h5-9,14-16H,4,10-13H2,1-3H3. The van der Waals surface area contributed by atoms with E-state index in [0.29, 0.717) is 37.4 Å². The van der Waals surface area contributed by atoms with Gasteiger partial charge in [-0.3, -0.25) is 0 Å². The van der Waals surface area contributed by atoms with Crippen molar-refractivity contribution in [1.29, 1.82) is 0 Å². The fraction of sp³-hybridized carbons (Fsp3) is 0.348. The first-order valence-electron chi connectivity index (χ1n) is 10.3. The normalized spacial score (nSPS) is 15.1. The number of pyridine rings is 1. The molecule has 0 saturated heterocycles. The van der Waals surface area contributed by atoms with E-state index >= 15 is 0 Å². The molecule has 0 aliphatic carbocycles. The summed E-state index contributed by atoms with van der Waals surface area (Å²) in [5.41, 5.74) is 4.86. The third-order valence-corrected chi connectivity index (χ3v) is 7.57. The van der Waals surface area contributed by atoms with E-state index in [1.807, 2.05) is 53.9 Å². The highest BCUT2D eigenvalue weighted by atomic mass is 32.2. The van der Waals surface area contributed by atoms with Crippen molar-refractivity contribution >= 4 is 21.2 Å². The Bertz CT molecular complexity index is 1230. The van der Waals surface area contributed by atoms with Gasteiger partial charge in [-0.05, 0) is 54.3 Å². The van der Waals surface area contributed by atoms with Gasteiger partial charge in [0.15, 0.2) is 11.5 Å². The maximum atomic E-state index is 12.3. The lowest BCUT2D eigenvalue weighted by atomic mass is 10.0. The molecule has 0 amide bonds. The minimum atomic E-state index is -3.16. The molecule has 164 valence electrons. The van der Waals surface area contributed by atoms with E-state index in [1.165, 1.54) is 0 Å². The van der Waals surface area contributed by atoms with E-state index in [-0.39, 0.29) is 5.75 Å². The van der Waals surface area contributed by atoms with Crippen molar-refractivity contribution in [2.75, 3.05) is 33.1 Å². The van der Waals surface area contributed by atoms with Gasteiger partial charge in [0.05, 0.1) is 25.7 Å². The molecule has 1 aromatic carbocycles. The van der Waals surface area contributed by atoms with Crippen molar-refractivity contribution in [2.45, 2.75) is 19.8 Å². The largest absolute Gasteiger partial charge is 0.493 e. The van der Waals surface area contributed by atoms with E-state index < -0.39 is 10.0 Å². The zero-order valence-electron chi connectivity index (χ0n) is 18.0. The summed E-state index contributed by atoms with van der Waals surface area (Å²) in [5.74, 6) is 1.54. The first-order valence-corrected chi connectivity index (χ1v) is 11.9. The molecular formula is C23H27N3O4S. The van der Waals surface area contributed by atoms with Crippen LogP contribution >= 0.6 is 0 Å². The highest BCUT2D eigenvalue weighted by Gasteiger charge is 2.23. The Kier molecular flexibility index (Phi) is 6.02. The zero-order chi connectivity index (χ0) is 22.0. The van der Waals surface area contributed by atoms with Crippen LogP contribution in [0.15, 0.2) is 48.8 Å². The molecule has 0 fully saturated rings. The Labute approximate surface area is 183 Å². The molecular weight excluding hydrogens is 414 g/mol. The van der Waals surface area contributed by atoms with E-state index in [4.69, 9.17) is 14.5 Å². The fourth-order valence-electron chi connectivity index (χ4n) is 3.87. The average molecular weight is 442 g/mol. The van der Waals surface area contributed by atoms with Crippen LogP contribution in [0.1, 0.15) is 25.3 Å². The van der Waals surface area contributed by atoms with E-state index in [1.54, 1.807) is 18.5 Å². The molecule has 3 heterocycles. The summed E-state index contributed by atoms with van der Waals surface area (Å²) in [7, 11) is 0.0711. The SMILES string of the molecule is CCCS(=O)(=O)N1CC=C(c2ccc3nc(-c4ccc(OC)c(OC)c4)cn3c2)CC1. The van der Waals surface area contributed by atoms with Gasteiger partial charge < -0.3 is 13.9 Å². The summed E-state index contributed by atoms with van der Waals surface area (Å²) in [5, 5.41) is 0. The topological polar surface area (TPSA) is 73.1 Å². The number of hydrogen-bond donors (Lipinski definition) is 0. The lowest BCUT2D eigenvalue weighted by molar-refractivity contribution is 0.355. The summed E-state index contributed by atoms with van der Waals surface area (Å²) < 4.78 is 38.9. The number of hydrogen-bond acceptors (Lipinski definition) is 5. The lowest BCUT2D eigenvalue weighted by Crippen LogP contribution is -2.36. The van der Waals surface area contributed by atoms with E-state index in [2.05, 4.69) is 6.20 Å². The lowest BCUT2D eigenvalue weighted by Gasteiger charge is -2.25. The molecule has 2 aromatic heterocycles. The van der Waals surface area contributed by atoms with Crippen LogP contribution in [0.25, 0.3) is 22.5 Å². The van der Waals surface area contributed by atoms with Crippen molar-refractivity contribution in [3.05, 3.63) is 54.4 Å². The second-order valence-corrected chi connectivity index (χ2v) is 9.62. The third kappa shape index (κ3) is 4.31. The van der Waals surface area contributed by atoms with Crippen molar-refractivity contribution in [3.63, 3.8) is 0 Å². The molecule has 8 heteroatoms. The van der Waals surface area contributed by atoms with Crippen molar-refractivity contribution in [1.82, 2.24) is 13.7 Å². The Morgan fingerprint density at radius 1 is 1.03 bits per heavy atom. The van der Waals surface area contributed by atoms with Crippen LogP contribution in [-0.2, 0) is 10.0 Å². The number of imidazole rings is 1. The van der Waals surface area contributed by atoms with E-state index in [9.17, 15) is 8.42 Å². The molecule has 0 unspecified atom stereocenters. The molecule has 0 N–H and O–H groups in total. The van der Waals surface area contributed by atoms with Crippen LogP contribution in [0.3, 0.4) is 0 Å². The third-order valence-electron chi connectivity index (χ3n) is 5.53. The summed E-state index contributed by atoms with van der Waals surface area (Å²) in [6.45, 7) is 2.84. The van der Waals surface area contributed by atoms with E-state index in [0.717, 1.165) is 28.0 Å². The van der Waals surface area contributed by atoms with Crippen LogP contribution in [0.4, 0.5) is 0 Å².